The highest BCUT2D eigenvalue weighted by Crippen LogP contribution is 2.19. The highest BCUT2D eigenvalue weighted by molar-refractivity contribution is 5.96. The first-order valence-corrected chi connectivity index (χ1v) is 7.64. The Bertz CT molecular complexity index is 893. The van der Waals surface area contributed by atoms with E-state index in [1.54, 1.807) is 0 Å². The number of nitrogens with zero attached hydrogens (tertiary/aromatic N) is 1. The van der Waals surface area contributed by atoms with Crippen molar-refractivity contribution in [2.75, 3.05) is 5.32 Å². The summed E-state index contributed by atoms with van der Waals surface area (Å²) in [7, 11) is 0. The Morgan fingerprint density at radius 3 is 2.44 bits per heavy atom. The molecule has 25 heavy (non-hydrogen) atoms. The van der Waals surface area contributed by atoms with E-state index in [9.17, 15) is 19.2 Å². The number of hydrogen-bond donors (Lipinski definition) is 2. The van der Waals surface area contributed by atoms with Crippen LogP contribution >= 0.6 is 0 Å². The number of aromatic amines is 1. The fourth-order valence-corrected chi connectivity index (χ4v) is 2.23. The number of aryl methyl sites for hydroxylation is 2. The van der Waals surface area contributed by atoms with Crippen LogP contribution in [0.15, 0.2) is 40.1 Å². The highest BCUT2D eigenvalue weighted by Gasteiger charge is 2.19. The Morgan fingerprint density at radius 1 is 1.20 bits per heavy atom. The summed E-state index contributed by atoms with van der Waals surface area (Å²) in [6.45, 7) is 4.76. The van der Waals surface area contributed by atoms with Crippen molar-refractivity contribution >= 4 is 17.6 Å². The molecule has 0 unspecified atom stereocenters. The molecule has 2 aromatic rings. The maximum atomic E-state index is 12.2. The van der Waals surface area contributed by atoms with E-state index in [-0.39, 0.29) is 0 Å². The summed E-state index contributed by atoms with van der Waals surface area (Å²) in [6, 6.07) is 6.72. The summed E-state index contributed by atoms with van der Waals surface area (Å²) in [5.74, 6) is -1.24. The van der Waals surface area contributed by atoms with Crippen molar-refractivity contribution in [2.24, 2.45) is 0 Å². The molecule has 0 saturated heterocycles. The molecule has 132 valence electrons. The minimum atomic E-state index is -1.04. The molecular weight excluding hydrogens is 326 g/mol. The van der Waals surface area contributed by atoms with Crippen LogP contribution in [0.25, 0.3) is 0 Å². The Hall–Kier alpha value is -3.16. The number of amides is 1. The van der Waals surface area contributed by atoms with Gasteiger partial charge in [-0.15, -0.1) is 0 Å². The number of nitrogens with one attached hydrogen (secondary N) is 2. The number of para-hydroxylation sites is 1. The van der Waals surface area contributed by atoms with Crippen molar-refractivity contribution in [3.8, 4) is 0 Å². The number of H-pyrrole nitrogens is 1. The summed E-state index contributed by atoms with van der Waals surface area (Å²) in [5, 5.41) is 2.73. The van der Waals surface area contributed by atoms with E-state index in [0.29, 0.717) is 5.69 Å². The molecule has 2 N–H and O–H groups in total. The van der Waals surface area contributed by atoms with Crippen LogP contribution in [-0.2, 0) is 20.9 Å². The first-order chi connectivity index (χ1) is 11.8. The van der Waals surface area contributed by atoms with E-state index < -0.39 is 35.8 Å². The van der Waals surface area contributed by atoms with Gasteiger partial charge in [0.05, 0.1) is 0 Å². The smallest absolute Gasteiger partial charge is 0.328 e. The van der Waals surface area contributed by atoms with Gasteiger partial charge in [0.25, 0.3) is 11.5 Å². The van der Waals surface area contributed by atoms with Gasteiger partial charge in [0.2, 0.25) is 0 Å². The molecule has 0 aliphatic carbocycles. The van der Waals surface area contributed by atoms with Crippen molar-refractivity contribution in [3.63, 3.8) is 0 Å². The average Bonchev–Trinajstić information content (AvgIpc) is 2.53. The summed E-state index contributed by atoms with van der Waals surface area (Å²) in [5.41, 5.74) is 1.18. The first kappa shape index (κ1) is 18.2. The topological polar surface area (TPSA) is 110 Å². The fraction of sp³-hybridized carbons (Fsp3) is 0.294. The van der Waals surface area contributed by atoms with E-state index in [1.807, 2.05) is 37.0 Å². The van der Waals surface area contributed by atoms with Crippen molar-refractivity contribution in [3.05, 3.63) is 62.4 Å². The molecule has 1 aromatic heterocycles. The molecule has 0 radical (unpaired) electrons. The quantitative estimate of drug-likeness (QED) is 0.776. The Morgan fingerprint density at radius 2 is 1.84 bits per heavy atom. The molecule has 1 atom stereocenters. The van der Waals surface area contributed by atoms with Gasteiger partial charge >= 0.3 is 11.7 Å². The number of anilines is 1. The van der Waals surface area contributed by atoms with Crippen LogP contribution in [0.3, 0.4) is 0 Å². The van der Waals surface area contributed by atoms with Crippen LogP contribution in [-0.4, -0.2) is 27.5 Å². The summed E-state index contributed by atoms with van der Waals surface area (Å²) >= 11 is 0. The van der Waals surface area contributed by atoms with Gasteiger partial charge in [0, 0.05) is 18.0 Å². The van der Waals surface area contributed by atoms with Crippen LogP contribution in [0.4, 0.5) is 5.69 Å². The molecule has 0 aliphatic heterocycles. The molecule has 1 heterocycles. The van der Waals surface area contributed by atoms with Gasteiger partial charge in [-0.1, -0.05) is 18.2 Å². The van der Waals surface area contributed by atoms with Crippen LogP contribution in [0.1, 0.15) is 18.1 Å². The largest absolute Gasteiger partial charge is 0.451 e. The Balaban J connectivity index is 1.99. The molecule has 2 rings (SSSR count). The van der Waals surface area contributed by atoms with Gasteiger partial charge in [-0.3, -0.25) is 23.9 Å². The minimum absolute atomic E-state index is 0.406. The van der Waals surface area contributed by atoms with E-state index in [1.165, 1.54) is 13.1 Å². The molecule has 8 heteroatoms. The van der Waals surface area contributed by atoms with E-state index >= 15 is 0 Å². The van der Waals surface area contributed by atoms with Gasteiger partial charge in [0.15, 0.2) is 6.10 Å². The molecule has 8 nitrogen and oxygen atoms in total. The number of carbonyl (C=O) groups excluding carboxylic acids is 2. The lowest BCUT2D eigenvalue weighted by atomic mass is 10.1. The Kier molecular flexibility index (Phi) is 5.53. The fourth-order valence-electron chi connectivity index (χ4n) is 2.23. The molecule has 0 spiro atoms. The number of carbonyl (C=O) groups is 2. The zero-order chi connectivity index (χ0) is 18.6. The first-order valence-electron chi connectivity index (χ1n) is 7.64. The molecular formula is C17H19N3O5. The summed E-state index contributed by atoms with van der Waals surface area (Å²) in [6.07, 6.45) is 0.147. The standard InChI is InChI=1S/C17H19N3O5/c1-10-5-4-6-11(2)15(10)19-16(23)12(3)25-14(22)9-20-8-7-13(21)18-17(20)24/h4-8,12H,9H2,1-3H3,(H,19,23)(H,18,21,24)/t12-/m0/s1. The van der Waals surface area contributed by atoms with Crippen LogP contribution in [0.2, 0.25) is 0 Å². The van der Waals surface area contributed by atoms with Gasteiger partial charge in [-0.05, 0) is 31.9 Å². The number of hydrogen-bond acceptors (Lipinski definition) is 5. The zero-order valence-corrected chi connectivity index (χ0v) is 14.2. The Labute approximate surface area is 143 Å². The number of esters is 1. The lowest BCUT2D eigenvalue weighted by Gasteiger charge is -2.16. The van der Waals surface area contributed by atoms with Crippen LogP contribution in [0, 0.1) is 13.8 Å². The van der Waals surface area contributed by atoms with E-state index in [2.05, 4.69) is 5.32 Å². The van der Waals surface area contributed by atoms with E-state index in [4.69, 9.17) is 4.74 Å². The third kappa shape index (κ3) is 4.66. The minimum Gasteiger partial charge on any atom is -0.451 e. The van der Waals surface area contributed by atoms with Crippen molar-refractivity contribution in [1.82, 2.24) is 9.55 Å². The lowest BCUT2D eigenvalue weighted by Crippen LogP contribution is -2.35. The predicted octanol–water partition coefficient (Wildman–Crippen LogP) is 0.724. The normalized spacial score (nSPS) is 11.6. The number of aromatic nitrogens is 2. The second kappa shape index (κ2) is 7.61. The van der Waals surface area contributed by atoms with Crippen LogP contribution in [0.5, 0.6) is 0 Å². The summed E-state index contributed by atoms with van der Waals surface area (Å²) < 4.78 is 6.04. The van der Waals surface area contributed by atoms with Gasteiger partial charge in [0.1, 0.15) is 6.54 Å². The third-order valence-corrected chi connectivity index (χ3v) is 3.60. The van der Waals surface area contributed by atoms with Gasteiger partial charge in [-0.25, -0.2) is 4.79 Å². The second-order valence-electron chi connectivity index (χ2n) is 5.63. The van der Waals surface area contributed by atoms with Crippen molar-refractivity contribution < 1.29 is 14.3 Å². The lowest BCUT2D eigenvalue weighted by molar-refractivity contribution is -0.153. The van der Waals surface area contributed by atoms with Gasteiger partial charge in [-0.2, -0.15) is 0 Å². The molecule has 1 aromatic carbocycles. The highest BCUT2D eigenvalue weighted by atomic mass is 16.5. The van der Waals surface area contributed by atoms with Crippen molar-refractivity contribution in [1.29, 1.82) is 0 Å². The molecule has 0 fully saturated rings. The third-order valence-electron chi connectivity index (χ3n) is 3.60. The number of ether oxygens (including phenoxy) is 1. The maximum absolute atomic E-state index is 12.2. The predicted molar refractivity (Wildman–Crippen MR) is 91.4 cm³/mol. The zero-order valence-electron chi connectivity index (χ0n) is 14.2. The maximum Gasteiger partial charge on any atom is 0.328 e. The molecule has 1 amide bonds. The molecule has 0 saturated carbocycles. The average molecular weight is 345 g/mol. The monoisotopic (exact) mass is 345 g/mol. The summed E-state index contributed by atoms with van der Waals surface area (Å²) in [4.78, 5) is 48.7. The number of rotatable bonds is 5. The van der Waals surface area contributed by atoms with E-state index in [0.717, 1.165) is 21.8 Å². The molecule has 0 aliphatic rings. The number of benzene rings is 1. The van der Waals surface area contributed by atoms with Crippen LogP contribution < -0.4 is 16.6 Å². The van der Waals surface area contributed by atoms with Gasteiger partial charge < -0.3 is 10.1 Å². The van der Waals surface area contributed by atoms with Crippen molar-refractivity contribution in [2.45, 2.75) is 33.4 Å². The second-order valence-corrected chi connectivity index (χ2v) is 5.63. The molecule has 0 bridgehead atoms. The SMILES string of the molecule is Cc1cccc(C)c1NC(=O)[C@H](C)OC(=O)Cn1ccc(=O)[nH]c1=O.